The van der Waals surface area contributed by atoms with Gasteiger partial charge < -0.3 is 24.8 Å². The summed E-state index contributed by atoms with van der Waals surface area (Å²) in [6.45, 7) is 6.28. The summed E-state index contributed by atoms with van der Waals surface area (Å²) in [7, 11) is 2.02. The molecule has 2 aromatic rings. The number of rotatable bonds is 9. The number of hydrogen-bond acceptors (Lipinski definition) is 7. The van der Waals surface area contributed by atoms with E-state index in [0.29, 0.717) is 61.8 Å². The van der Waals surface area contributed by atoms with Crippen LogP contribution in [-0.2, 0) is 4.79 Å². The highest BCUT2D eigenvalue weighted by molar-refractivity contribution is 5.98. The smallest absolute Gasteiger partial charge is 0.403 e. The fraction of sp³-hybridized carbons (Fsp3) is 0.613. The van der Waals surface area contributed by atoms with Crippen LogP contribution in [0.4, 0.5) is 18.9 Å². The minimum Gasteiger partial charge on any atom is -0.477 e. The number of aromatic nitrogens is 2. The van der Waals surface area contributed by atoms with Crippen LogP contribution in [0.2, 0.25) is 0 Å². The third-order valence-electron chi connectivity index (χ3n) is 9.31. The van der Waals surface area contributed by atoms with Crippen LogP contribution >= 0.6 is 0 Å². The Balaban J connectivity index is 1.44. The Labute approximate surface area is 250 Å². The number of pyridine rings is 2. The standard InChI is InChI=1S/C31H41F3N6O3/c1-4-21-20-39(29(42)30(31(32,33)34)13-6-7-14-30)17-18-40(21)25-11-10-24(23-9-8-15-35-28(23)43-5-2)37-26(25)27(41)36-19-22-12-16-38(22)3/h8-11,15,21-22H,4-7,12-14,16-20H2,1-3H3,(H,36,41)/t21-,22-/m1/s1. The Morgan fingerprint density at radius 2 is 1.86 bits per heavy atom. The zero-order valence-electron chi connectivity index (χ0n) is 25.1. The monoisotopic (exact) mass is 602 g/mol. The van der Waals surface area contributed by atoms with E-state index in [0.717, 1.165) is 13.0 Å². The predicted octanol–water partition coefficient (Wildman–Crippen LogP) is 4.53. The molecular weight excluding hydrogens is 561 g/mol. The van der Waals surface area contributed by atoms with Gasteiger partial charge in [0.25, 0.3) is 5.91 Å². The molecule has 1 aliphatic carbocycles. The molecule has 2 saturated heterocycles. The van der Waals surface area contributed by atoms with Crippen LogP contribution < -0.4 is 15.0 Å². The minimum atomic E-state index is -4.58. The van der Waals surface area contributed by atoms with Gasteiger partial charge in [0.2, 0.25) is 11.8 Å². The summed E-state index contributed by atoms with van der Waals surface area (Å²) in [6.07, 6.45) is -0.882. The molecule has 2 atom stereocenters. The third kappa shape index (κ3) is 6.03. The van der Waals surface area contributed by atoms with Crippen LogP contribution in [0.3, 0.4) is 0 Å². The maximum atomic E-state index is 14.2. The molecule has 2 aliphatic heterocycles. The number of alkyl halides is 3. The van der Waals surface area contributed by atoms with Gasteiger partial charge in [-0.05, 0) is 70.5 Å². The highest BCUT2D eigenvalue weighted by Crippen LogP contribution is 2.52. The molecule has 0 spiro atoms. The number of carbonyl (C=O) groups is 2. The first-order valence-corrected chi connectivity index (χ1v) is 15.3. The quantitative estimate of drug-likeness (QED) is 0.451. The van der Waals surface area contributed by atoms with Crippen LogP contribution in [0.1, 0.15) is 62.9 Å². The Morgan fingerprint density at radius 3 is 2.49 bits per heavy atom. The van der Waals surface area contributed by atoms with Gasteiger partial charge in [-0.1, -0.05) is 19.8 Å². The first-order valence-electron chi connectivity index (χ1n) is 15.3. The lowest BCUT2D eigenvalue weighted by Gasteiger charge is -2.45. The van der Waals surface area contributed by atoms with Crippen molar-refractivity contribution in [2.75, 3.05) is 51.3 Å². The fourth-order valence-corrected chi connectivity index (χ4v) is 6.57. The van der Waals surface area contributed by atoms with Crippen molar-refractivity contribution in [1.82, 2.24) is 25.1 Å². The molecule has 0 unspecified atom stereocenters. The zero-order valence-corrected chi connectivity index (χ0v) is 25.1. The molecule has 4 heterocycles. The van der Waals surface area contributed by atoms with Gasteiger partial charge in [0, 0.05) is 44.5 Å². The van der Waals surface area contributed by atoms with Gasteiger partial charge in [0.05, 0.1) is 23.6 Å². The zero-order chi connectivity index (χ0) is 30.8. The molecular formula is C31H41F3N6O3. The number of piperazine rings is 1. The van der Waals surface area contributed by atoms with E-state index in [9.17, 15) is 22.8 Å². The van der Waals surface area contributed by atoms with Crippen molar-refractivity contribution in [2.24, 2.45) is 5.41 Å². The van der Waals surface area contributed by atoms with Crippen LogP contribution in [0, 0.1) is 5.41 Å². The number of likely N-dealkylation sites (N-methyl/N-ethyl adjacent to an activating group) is 1. The van der Waals surface area contributed by atoms with Gasteiger partial charge >= 0.3 is 6.18 Å². The second-order valence-electron chi connectivity index (χ2n) is 11.8. The van der Waals surface area contributed by atoms with Crippen molar-refractivity contribution in [3.05, 3.63) is 36.2 Å². The average Bonchev–Trinajstić information content (AvgIpc) is 3.52. The first kappa shape index (κ1) is 31.0. The van der Waals surface area contributed by atoms with E-state index in [2.05, 4.69) is 15.2 Å². The van der Waals surface area contributed by atoms with Crippen molar-refractivity contribution in [3.8, 4) is 17.1 Å². The molecule has 1 saturated carbocycles. The Kier molecular flexibility index (Phi) is 9.15. The lowest BCUT2D eigenvalue weighted by Crippen LogP contribution is -2.60. The Bertz CT molecular complexity index is 1320. The highest BCUT2D eigenvalue weighted by atomic mass is 19.4. The van der Waals surface area contributed by atoms with E-state index in [-0.39, 0.29) is 49.6 Å². The van der Waals surface area contributed by atoms with Gasteiger partial charge in [-0.15, -0.1) is 0 Å². The summed E-state index contributed by atoms with van der Waals surface area (Å²) in [5, 5.41) is 3.04. The molecule has 0 aromatic carbocycles. The summed E-state index contributed by atoms with van der Waals surface area (Å²) in [4.78, 5) is 41.9. The first-order chi connectivity index (χ1) is 20.6. The maximum Gasteiger partial charge on any atom is 0.403 e. The van der Waals surface area contributed by atoms with Crippen LogP contribution in [0.5, 0.6) is 5.88 Å². The second kappa shape index (κ2) is 12.7. The number of likely N-dealkylation sites (tertiary alicyclic amines) is 1. The van der Waals surface area contributed by atoms with E-state index >= 15 is 0 Å². The molecule has 9 nitrogen and oxygen atoms in total. The number of halogens is 3. The van der Waals surface area contributed by atoms with E-state index in [1.807, 2.05) is 44.0 Å². The number of ether oxygens (including phenoxy) is 1. The van der Waals surface area contributed by atoms with Gasteiger partial charge in [-0.3, -0.25) is 9.59 Å². The molecule has 5 rings (SSSR count). The lowest BCUT2D eigenvalue weighted by molar-refractivity contribution is -0.226. The second-order valence-corrected chi connectivity index (χ2v) is 11.8. The number of carbonyl (C=O) groups excluding carboxylic acids is 2. The van der Waals surface area contributed by atoms with Gasteiger partial charge in [-0.25, -0.2) is 9.97 Å². The van der Waals surface area contributed by atoms with Crippen LogP contribution in [0.25, 0.3) is 11.3 Å². The number of nitrogens with zero attached hydrogens (tertiary/aromatic N) is 5. The number of nitrogens with one attached hydrogen (secondary N) is 1. The van der Waals surface area contributed by atoms with Crippen molar-refractivity contribution in [2.45, 2.75) is 70.6 Å². The molecule has 0 radical (unpaired) electrons. The topological polar surface area (TPSA) is 90.9 Å². The average molecular weight is 603 g/mol. The molecule has 43 heavy (non-hydrogen) atoms. The van der Waals surface area contributed by atoms with Crippen molar-refractivity contribution >= 4 is 17.5 Å². The molecule has 234 valence electrons. The summed E-state index contributed by atoms with van der Waals surface area (Å²) >= 11 is 0. The van der Waals surface area contributed by atoms with Gasteiger partial charge in [0.15, 0.2) is 5.69 Å². The van der Waals surface area contributed by atoms with Crippen LogP contribution in [-0.4, -0.2) is 96.2 Å². The van der Waals surface area contributed by atoms with Crippen molar-refractivity contribution in [3.63, 3.8) is 0 Å². The molecule has 2 amide bonds. The predicted molar refractivity (Wildman–Crippen MR) is 157 cm³/mol. The fourth-order valence-electron chi connectivity index (χ4n) is 6.57. The van der Waals surface area contributed by atoms with Crippen LogP contribution in [0.15, 0.2) is 30.5 Å². The normalized spacial score (nSPS) is 22.3. The molecule has 12 heteroatoms. The summed E-state index contributed by atoms with van der Waals surface area (Å²) < 4.78 is 48.3. The lowest BCUT2D eigenvalue weighted by atomic mass is 9.83. The molecule has 0 bridgehead atoms. The van der Waals surface area contributed by atoms with Crippen molar-refractivity contribution < 1.29 is 27.5 Å². The highest BCUT2D eigenvalue weighted by Gasteiger charge is 2.62. The number of hydrogen-bond donors (Lipinski definition) is 1. The maximum absolute atomic E-state index is 14.2. The number of anilines is 1. The molecule has 3 fully saturated rings. The number of amides is 2. The van der Waals surface area contributed by atoms with Crippen molar-refractivity contribution in [1.29, 1.82) is 0 Å². The minimum absolute atomic E-state index is 0.139. The van der Waals surface area contributed by atoms with Gasteiger partial charge in [0.1, 0.15) is 5.41 Å². The van der Waals surface area contributed by atoms with E-state index in [1.54, 1.807) is 12.3 Å². The SMILES string of the molecule is CCOc1ncccc1-c1ccc(N2CCN(C(=O)C3(C(F)(F)F)CCCC3)C[C@H]2CC)c(C(=O)NC[C@H]2CCN2C)n1. The summed E-state index contributed by atoms with van der Waals surface area (Å²) in [6, 6.07) is 7.24. The molecule has 1 N–H and O–H groups in total. The summed E-state index contributed by atoms with van der Waals surface area (Å²) in [5.74, 6) is -0.724. The third-order valence-corrected chi connectivity index (χ3v) is 9.31. The van der Waals surface area contributed by atoms with Gasteiger partial charge in [-0.2, -0.15) is 13.2 Å². The summed E-state index contributed by atoms with van der Waals surface area (Å²) in [5.41, 5.74) is -0.290. The van der Waals surface area contributed by atoms with E-state index in [1.165, 1.54) is 4.90 Å². The Morgan fingerprint density at radius 1 is 1.09 bits per heavy atom. The van der Waals surface area contributed by atoms with E-state index in [4.69, 9.17) is 9.72 Å². The molecule has 3 aliphatic rings. The van der Waals surface area contributed by atoms with E-state index < -0.39 is 17.5 Å². The Hall–Kier alpha value is -3.41. The largest absolute Gasteiger partial charge is 0.477 e. The molecule has 2 aromatic heterocycles.